The number of piperazine rings is 1. The van der Waals surface area contributed by atoms with E-state index >= 15 is 0 Å². The molecule has 0 aromatic carbocycles. The SMILES string of the molecule is CC(=O)N1CCN(CCN(C[C@H]2[C@H](C)C=C(C)C[C@H]2C)C(C)=O)CC1. The highest BCUT2D eigenvalue weighted by Gasteiger charge is 2.29. The van der Waals surface area contributed by atoms with Gasteiger partial charge in [-0.15, -0.1) is 0 Å². The zero-order valence-corrected chi connectivity index (χ0v) is 16.6. The number of nitrogens with zero attached hydrogens (tertiary/aromatic N) is 3. The van der Waals surface area contributed by atoms with E-state index in [0.717, 1.165) is 52.2 Å². The van der Waals surface area contributed by atoms with Gasteiger partial charge in [0.1, 0.15) is 0 Å². The van der Waals surface area contributed by atoms with Crippen molar-refractivity contribution in [3.8, 4) is 0 Å². The van der Waals surface area contributed by atoms with E-state index in [2.05, 4.69) is 31.7 Å². The van der Waals surface area contributed by atoms with Crippen molar-refractivity contribution >= 4 is 11.8 Å². The minimum atomic E-state index is 0.161. The molecule has 0 spiro atoms. The summed E-state index contributed by atoms with van der Waals surface area (Å²) in [4.78, 5) is 29.9. The molecule has 1 aliphatic carbocycles. The van der Waals surface area contributed by atoms with Crippen LogP contribution in [0.3, 0.4) is 0 Å². The van der Waals surface area contributed by atoms with Crippen molar-refractivity contribution in [3.05, 3.63) is 11.6 Å². The van der Waals surface area contributed by atoms with Crippen molar-refractivity contribution in [2.75, 3.05) is 45.8 Å². The summed E-state index contributed by atoms with van der Waals surface area (Å²) < 4.78 is 0. The zero-order chi connectivity index (χ0) is 18.6. The van der Waals surface area contributed by atoms with Gasteiger partial charge in [0.2, 0.25) is 11.8 Å². The van der Waals surface area contributed by atoms with Crippen LogP contribution in [0.15, 0.2) is 11.6 Å². The molecule has 0 radical (unpaired) electrons. The van der Waals surface area contributed by atoms with Gasteiger partial charge in [0.15, 0.2) is 0 Å². The Morgan fingerprint density at radius 3 is 2.32 bits per heavy atom. The van der Waals surface area contributed by atoms with E-state index in [9.17, 15) is 9.59 Å². The minimum Gasteiger partial charge on any atom is -0.341 e. The average Bonchev–Trinajstić information content (AvgIpc) is 2.53. The van der Waals surface area contributed by atoms with Gasteiger partial charge in [-0.2, -0.15) is 0 Å². The number of rotatable bonds is 5. The number of amides is 2. The Morgan fingerprint density at radius 1 is 1.16 bits per heavy atom. The highest BCUT2D eigenvalue weighted by Crippen LogP contribution is 2.34. The van der Waals surface area contributed by atoms with Crippen LogP contribution in [0.2, 0.25) is 0 Å². The third-order valence-corrected chi connectivity index (χ3v) is 5.98. The Balaban J connectivity index is 1.85. The molecule has 1 saturated heterocycles. The van der Waals surface area contributed by atoms with Gasteiger partial charge in [0.05, 0.1) is 0 Å². The molecule has 1 fully saturated rings. The van der Waals surface area contributed by atoms with Gasteiger partial charge in [-0.05, 0) is 31.1 Å². The molecule has 2 rings (SSSR count). The molecular formula is C20H35N3O2. The van der Waals surface area contributed by atoms with Gasteiger partial charge in [0, 0.05) is 59.7 Å². The molecule has 0 aromatic heterocycles. The Labute approximate surface area is 153 Å². The largest absolute Gasteiger partial charge is 0.341 e. The van der Waals surface area contributed by atoms with Crippen molar-refractivity contribution in [2.24, 2.45) is 17.8 Å². The average molecular weight is 350 g/mol. The van der Waals surface area contributed by atoms with Gasteiger partial charge in [-0.25, -0.2) is 0 Å². The maximum Gasteiger partial charge on any atom is 0.219 e. The second kappa shape index (κ2) is 8.84. The first-order valence-electron chi connectivity index (χ1n) is 9.68. The van der Waals surface area contributed by atoms with E-state index in [4.69, 9.17) is 0 Å². The Kier molecular flexibility index (Phi) is 7.05. The number of allylic oxidation sites excluding steroid dienone is 2. The summed E-state index contributed by atoms with van der Waals surface area (Å²) in [5.74, 6) is 2.04. The first kappa shape index (κ1) is 20.0. The van der Waals surface area contributed by atoms with Crippen molar-refractivity contribution in [1.29, 1.82) is 0 Å². The van der Waals surface area contributed by atoms with E-state index in [1.54, 1.807) is 13.8 Å². The summed E-state index contributed by atoms with van der Waals surface area (Å²) in [6.45, 7) is 16.1. The molecule has 1 aliphatic heterocycles. The molecule has 2 amide bonds. The molecule has 0 aromatic rings. The highest BCUT2D eigenvalue weighted by atomic mass is 16.2. The van der Waals surface area contributed by atoms with Crippen LogP contribution in [-0.2, 0) is 9.59 Å². The van der Waals surface area contributed by atoms with Crippen molar-refractivity contribution < 1.29 is 9.59 Å². The molecular weight excluding hydrogens is 314 g/mol. The summed E-state index contributed by atoms with van der Waals surface area (Å²) in [5, 5.41) is 0. The lowest BCUT2D eigenvalue weighted by molar-refractivity contribution is -0.130. The zero-order valence-electron chi connectivity index (χ0n) is 16.6. The molecule has 5 nitrogen and oxygen atoms in total. The third-order valence-electron chi connectivity index (χ3n) is 5.98. The fraction of sp³-hybridized carbons (Fsp3) is 0.800. The van der Waals surface area contributed by atoms with Crippen LogP contribution in [-0.4, -0.2) is 72.3 Å². The van der Waals surface area contributed by atoms with Crippen molar-refractivity contribution in [1.82, 2.24) is 14.7 Å². The maximum absolute atomic E-state index is 12.1. The van der Waals surface area contributed by atoms with Gasteiger partial charge in [0.25, 0.3) is 0 Å². The van der Waals surface area contributed by atoms with E-state index in [1.165, 1.54) is 5.57 Å². The quantitative estimate of drug-likeness (QED) is 0.715. The molecule has 5 heteroatoms. The summed E-state index contributed by atoms with van der Waals surface area (Å²) in [6, 6.07) is 0. The first-order chi connectivity index (χ1) is 11.8. The smallest absolute Gasteiger partial charge is 0.219 e. The molecule has 0 bridgehead atoms. The van der Waals surface area contributed by atoms with Crippen LogP contribution in [0.4, 0.5) is 0 Å². The summed E-state index contributed by atoms with van der Waals surface area (Å²) in [5.41, 5.74) is 1.48. The number of carbonyl (C=O) groups is 2. The Bertz CT molecular complexity index is 509. The lowest BCUT2D eigenvalue weighted by Gasteiger charge is -2.38. The van der Waals surface area contributed by atoms with Crippen LogP contribution in [0, 0.1) is 17.8 Å². The predicted octanol–water partition coefficient (Wildman–Crippen LogP) is 2.24. The monoisotopic (exact) mass is 349 g/mol. The normalized spacial score (nSPS) is 27.8. The van der Waals surface area contributed by atoms with E-state index in [-0.39, 0.29) is 11.8 Å². The van der Waals surface area contributed by atoms with Crippen LogP contribution in [0.1, 0.15) is 41.0 Å². The summed E-state index contributed by atoms with van der Waals surface area (Å²) in [6.07, 6.45) is 3.53. The van der Waals surface area contributed by atoms with E-state index in [0.29, 0.717) is 17.8 Å². The Hall–Kier alpha value is -1.36. The van der Waals surface area contributed by atoms with E-state index in [1.807, 2.05) is 9.80 Å². The molecule has 0 unspecified atom stereocenters. The molecule has 2 aliphatic rings. The number of hydrogen-bond donors (Lipinski definition) is 0. The standard InChI is InChI=1S/C20H35N3O2/c1-15-12-16(2)20(17(3)13-15)14-23(19(5)25)11-8-21-6-9-22(10-7-21)18(4)24/h12,16-17,20H,6-11,13-14H2,1-5H3/t16-,17-,20+/m1/s1. The summed E-state index contributed by atoms with van der Waals surface area (Å²) >= 11 is 0. The lowest BCUT2D eigenvalue weighted by atomic mass is 9.75. The molecule has 3 atom stereocenters. The maximum atomic E-state index is 12.1. The van der Waals surface area contributed by atoms with Gasteiger partial charge >= 0.3 is 0 Å². The van der Waals surface area contributed by atoms with Crippen LogP contribution >= 0.6 is 0 Å². The molecule has 1 heterocycles. The number of hydrogen-bond acceptors (Lipinski definition) is 3. The van der Waals surface area contributed by atoms with E-state index < -0.39 is 0 Å². The summed E-state index contributed by atoms with van der Waals surface area (Å²) in [7, 11) is 0. The topological polar surface area (TPSA) is 43.9 Å². The first-order valence-corrected chi connectivity index (χ1v) is 9.68. The predicted molar refractivity (Wildman–Crippen MR) is 101 cm³/mol. The molecule has 25 heavy (non-hydrogen) atoms. The fourth-order valence-electron chi connectivity index (χ4n) is 4.34. The highest BCUT2D eigenvalue weighted by molar-refractivity contribution is 5.73. The fourth-order valence-corrected chi connectivity index (χ4v) is 4.34. The molecule has 142 valence electrons. The van der Waals surface area contributed by atoms with Crippen LogP contribution < -0.4 is 0 Å². The lowest BCUT2D eigenvalue weighted by Crippen LogP contribution is -2.50. The number of carbonyl (C=O) groups excluding carboxylic acids is 2. The van der Waals surface area contributed by atoms with Crippen molar-refractivity contribution in [2.45, 2.75) is 41.0 Å². The van der Waals surface area contributed by atoms with Gasteiger partial charge in [-0.3, -0.25) is 14.5 Å². The second-order valence-corrected chi connectivity index (χ2v) is 8.03. The molecule has 0 N–H and O–H groups in total. The van der Waals surface area contributed by atoms with Crippen molar-refractivity contribution in [3.63, 3.8) is 0 Å². The minimum absolute atomic E-state index is 0.161. The Morgan fingerprint density at radius 2 is 1.80 bits per heavy atom. The molecule has 0 saturated carbocycles. The van der Waals surface area contributed by atoms with Crippen LogP contribution in [0.5, 0.6) is 0 Å². The van der Waals surface area contributed by atoms with Gasteiger partial charge < -0.3 is 9.80 Å². The second-order valence-electron chi connectivity index (χ2n) is 8.03. The van der Waals surface area contributed by atoms with Gasteiger partial charge in [-0.1, -0.05) is 25.5 Å². The van der Waals surface area contributed by atoms with Crippen LogP contribution in [0.25, 0.3) is 0 Å². The third kappa shape index (κ3) is 5.56.